The van der Waals surface area contributed by atoms with Crippen molar-refractivity contribution in [1.82, 2.24) is 0 Å². The maximum Gasteiger partial charge on any atom is 0.269 e. The van der Waals surface area contributed by atoms with Gasteiger partial charge in [0.15, 0.2) is 11.5 Å². The summed E-state index contributed by atoms with van der Waals surface area (Å²) in [6.07, 6.45) is 3.99. The molecule has 0 aliphatic heterocycles. The van der Waals surface area contributed by atoms with Crippen molar-refractivity contribution in [3.05, 3.63) is 111 Å². The molecule has 0 aliphatic rings. The summed E-state index contributed by atoms with van der Waals surface area (Å²) < 4.78 is 12.0. The number of nitro groups is 1. The number of allylic oxidation sites excluding steroid dienone is 1. The second-order valence-corrected chi connectivity index (χ2v) is 7.64. The first-order chi connectivity index (χ1) is 16.5. The molecule has 0 aliphatic carbocycles. The molecule has 0 spiro atoms. The number of non-ortho nitro benzene ring substituents is 1. The van der Waals surface area contributed by atoms with Crippen molar-refractivity contribution in [3.63, 3.8) is 0 Å². The second-order valence-electron chi connectivity index (χ2n) is 7.64. The molecule has 7 nitrogen and oxygen atoms in total. The lowest BCUT2D eigenvalue weighted by Crippen LogP contribution is -2.04. The first kappa shape index (κ1) is 24.5. The lowest BCUT2D eigenvalue weighted by atomic mass is 10.1. The van der Waals surface area contributed by atoms with Gasteiger partial charge in [0.25, 0.3) is 5.69 Å². The third kappa shape index (κ3) is 6.93. The summed E-state index contributed by atoms with van der Waals surface area (Å²) in [4.78, 5) is 15.8. The zero-order valence-corrected chi connectivity index (χ0v) is 19.4. The van der Waals surface area contributed by atoms with Gasteiger partial charge in [0.1, 0.15) is 13.2 Å². The van der Waals surface area contributed by atoms with Crippen LogP contribution in [0, 0.1) is 17.0 Å². The van der Waals surface area contributed by atoms with Crippen LogP contribution in [0.5, 0.6) is 11.5 Å². The summed E-state index contributed by atoms with van der Waals surface area (Å²) in [7, 11) is 0. The maximum atomic E-state index is 10.9. The van der Waals surface area contributed by atoms with Crippen molar-refractivity contribution in [2.45, 2.75) is 33.5 Å². The molecule has 0 N–H and O–H groups in total. The Morgan fingerprint density at radius 3 is 2.53 bits per heavy atom. The van der Waals surface area contributed by atoms with Crippen LogP contribution in [0.15, 0.2) is 78.5 Å². The van der Waals surface area contributed by atoms with Gasteiger partial charge < -0.3 is 14.3 Å². The highest BCUT2D eigenvalue weighted by Crippen LogP contribution is 2.34. The van der Waals surface area contributed by atoms with Crippen LogP contribution < -0.4 is 9.47 Å². The van der Waals surface area contributed by atoms with Gasteiger partial charge in [0.05, 0.1) is 17.7 Å². The van der Waals surface area contributed by atoms with E-state index in [9.17, 15) is 10.1 Å². The van der Waals surface area contributed by atoms with E-state index in [4.69, 9.17) is 14.3 Å². The van der Waals surface area contributed by atoms with Crippen molar-refractivity contribution in [2.75, 3.05) is 6.61 Å². The Labute approximate surface area is 199 Å². The highest BCUT2D eigenvalue weighted by atomic mass is 16.6. The van der Waals surface area contributed by atoms with Gasteiger partial charge in [-0.3, -0.25) is 10.1 Å². The first-order valence-electron chi connectivity index (χ1n) is 11.0. The Hall–Kier alpha value is -4.13. The largest absolute Gasteiger partial charge is 0.490 e. The van der Waals surface area contributed by atoms with E-state index in [1.54, 1.807) is 18.3 Å². The Bertz CT molecular complexity index is 1160. The Morgan fingerprint density at radius 1 is 1.03 bits per heavy atom. The van der Waals surface area contributed by atoms with E-state index in [0.717, 1.165) is 16.7 Å². The molecule has 7 heteroatoms. The number of nitrogens with zero attached hydrogens (tertiary/aromatic N) is 2. The zero-order chi connectivity index (χ0) is 24.3. The molecular weight excluding hydrogens is 432 g/mol. The van der Waals surface area contributed by atoms with Gasteiger partial charge in [0, 0.05) is 23.3 Å². The highest BCUT2D eigenvalue weighted by Gasteiger charge is 2.13. The summed E-state index contributed by atoms with van der Waals surface area (Å²) in [6, 6.07) is 18.3. The normalized spacial score (nSPS) is 10.8. The van der Waals surface area contributed by atoms with Gasteiger partial charge in [-0.1, -0.05) is 53.2 Å². The topological polar surface area (TPSA) is 83.2 Å². The molecule has 0 aromatic heterocycles. The van der Waals surface area contributed by atoms with Gasteiger partial charge in [-0.25, -0.2) is 0 Å². The monoisotopic (exact) mass is 460 g/mol. The van der Waals surface area contributed by atoms with E-state index < -0.39 is 4.92 Å². The van der Waals surface area contributed by atoms with Crippen LogP contribution in [0.3, 0.4) is 0 Å². The number of benzene rings is 3. The molecule has 0 fully saturated rings. The fourth-order valence-corrected chi connectivity index (χ4v) is 3.30. The van der Waals surface area contributed by atoms with Crippen LogP contribution >= 0.6 is 0 Å². The van der Waals surface area contributed by atoms with E-state index in [0.29, 0.717) is 36.7 Å². The minimum Gasteiger partial charge on any atom is -0.490 e. The van der Waals surface area contributed by atoms with Gasteiger partial charge >= 0.3 is 0 Å². The van der Waals surface area contributed by atoms with Crippen LogP contribution in [0.25, 0.3) is 0 Å². The van der Waals surface area contributed by atoms with Crippen molar-refractivity contribution in [2.24, 2.45) is 5.16 Å². The van der Waals surface area contributed by atoms with Gasteiger partial charge in [0.2, 0.25) is 0 Å². The molecule has 0 unspecified atom stereocenters. The highest BCUT2D eigenvalue weighted by molar-refractivity contribution is 5.81. The molecule has 176 valence electrons. The van der Waals surface area contributed by atoms with E-state index in [2.05, 4.69) is 23.9 Å². The summed E-state index contributed by atoms with van der Waals surface area (Å²) >= 11 is 0. The number of hydrogen-bond acceptors (Lipinski definition) is 6. The zero-order valence-electron chi connectivity index (χ0n) is 19.4. The lowest BCUT2D eigenvalue weighted by molar-refractivity contribution is -0.384. The van der Waals surface area contributed by atoms with Crippen molar-refractivity contribution in [3.8, 4) is 11.5 Å². The molecule has 3 aromatic carbocycles. The molecule has 3 aromatic rings. The first-order valence-corrected chi connectivity index (χ1v) is 11.0. The smallest absolute Gasteiger partial charge is 0.269 e. The van der Waals surface area contributed by atoms with Crippen LogP contribution in [0.2, 0.25) is 0 Å². The molecule has 3 rings (SSSR count). The summed E-state index contributed by atoms with van der Waals surface area (Å²) in [6.45, 7) is 8.85. The molecule has 0 saturated carbocycles. The van der Waals surface area contributed by atoms with Crippen molar-refractivity contribution in [1.29, 1.82) is 0 Å². The number of nitro benzene ring substituents is 1. The second kappa shape index (κ2) is 12.2. The summed E-state index contributed by atoms with van der Waals surface area (Å²) in [5.41, 5.74) is 4.64. The molecule has 0 heterocycles. The Balaban J connectivity index is 1.75. The van der Waals surface area contributed by atoms with E-state index >= 15 is 0 Å². The molecule has 34 heavy (non-hydrogen) atoms. The minimum atomic E-state index is -0.439. The molecule has 0 radical (unpaired) electrons. The number of oxime groups is 1. The predicted molar refractivity (Wildman–Crippen MR) is 133 cm³/mol. The molecular formula is C27H28N2O5. The van der Waals surface area contributed by atoms with Gasteiger partial charge in [-0.05, 0) is 43.5 Å². The number of aryl methyl sites for hydroxylation is 1. The SMILES string of the molecule is C=CCc1cc(/C=N\OCc2cccc([N+](=O)[O-])c2)cc(OCC)c1OCc1ccc(C)cc1. The number of rotatable bonds is 12. The average Bonchev–Trinajstić information content (AvgIpc) is 2.83. The fourth-order valence-electron chi connectivity index (χ4n) is 3.30. The van der Waals surface area contributed by atoms with Crippen LogP contribution in [-0.4, -0.2) is 17.7 Å². The third-order valence-corrected chi connectivity index (χ3v) is 4.95. The van der Waals surface area contributed by atoms with Gasteiger partial charge in [-0.2, -0.15) is 0 Å². The Kier molecular flexibility index (Phi) is 8.80. The lowest BCUT2D eigenvalue weighted by Gasteiger charge is -2.17. The predicted octanol–water partition coefficient (Wildman–Crippen LogP) is 6.16. The third-order valence-electron chi connectivity index (χ3n) is 4.95. The quantitative estimate of drug-likeness (QED) is 0.140. The van der Waals surface area contributed by atoms with Crippen LogP contribution in [0.1, 0.15) is 34.7 Å². The summed E-state index contributed by atoms with van der Waals surface area (Å²) in [5, 5.41) is 14.9. The van der Waals surface area contributed by atoms with E-state index in [1.807, 2.05) is 44.2 Å². The van der Waals surface area contributed by atoms with Crippen molar-refractivity contribution >= 4 is 11.9 Å². The number of hydrogen-bond donors (Lipinski definition) is 0. The molecule has 0 atom stereocenters. The van der Waals surface area contributed by atoms with E-state index in [-0.39, 0.29) is 12.3 Å². The standard InChI is InChI=1S/C27H28N2O5/c1-4-7-24-14-23(17-28-34-19-22-8-6-9-25(15-22)29(30)31)16-26(32-5-2)27(24)33-18-21-12-10-20(3)11-13-21/h4,6,8-17H,1,5,7,18-19H2,2-3H3/b28-17-. The Morgan fingerprint density at radius 2 is 1.82 bits per heavy atom. The van der Waals surface area contributed by atoms with E-state index in [1.165, 1.54) is 17.7 Å². The molecule has 0 saturated heterocycles. The fraction of sp³-hybridized carbons (Fsp3) is 0.222. The number of ether oxygens (including phenoxy) is 2. The molecule has 0 amide bonds. The summed E-state index contributed by atoms with van der Waals surface area (Å²) in [5.74, 6) is 1.30. The minimum absolute atomic E-state index is 0.0155. The van der Waals surface area contributed by atoms with Crippen LogP contribution in [-0.2, 0) is 24.5 Å². The van der Waals surface area contributed by atoms with Crippen LogP contribution in [0.4, 0.5) is 5.69 Å². The maximum absolute atomic E-state index is 10.9. The molecule has 0 bridgehead atoms. The average molecular weight is 461 g/mol. The van der Waals surface area contributed by atoms with Gasteiger partial charge in [-0.15, -0.1) is 6.58 Å². The van der Waals surface area contributed by atoms with Crippen molar-refractivity contribution < 1.29 is 19.2 Å².